The van der Waals surface area contributed by atoms with Crippen molar-refractivity contribution in [3.05, 3.63) is 0 Å². The SMILES string of the molecule is COC(C)C(=O)N1CCC(OCCO)CC1. The second-order valence-corrected chi connectivity index (χ2v) is 4.00. The van der Waals surface area contributed by atoms with E-state index in [4.69, 9.17) is 14.6 Å². The third-order valence-electron chi connectivity index (χ3n) is 2.90. The van der Waals surface area contributed by atoms with Crippen LogP contribution in [0.3, 0.4) is 0 Å². The average molecular weight is 231 g/mol. The molecular weight excluding hydrogens is 210 g/mol. The van der Waals surface area contributed by atoms with Crippen molar-refractivity contribution in [2.45, 2.75) is 32.0 Å². The van der Waals surface area contributed by atoms with E-state index in [1.807, 2.05) is 4.90 Å². The minimum Gasteiger partial charge on any atom is -0.394 e. The number of hydrogen-bond donors (Lipinski definition) is 1. The fourth-order valence-corrected chi connectivity index (χ4v) is 1.82. The fraction of sp³-hybridized carbons (Fsp3) is 0.909. The fourth-order valence-electron chi connectivity index (χ4n) is 1.82. The van der Waals surface area contributed by atoms with Gasteiger partial charge in [-0.3, -0.25) is 4.79 Å². The van der Waals surface area contributed by atoms with Crippen molar-refractivity contribution in [3.8, 4) is 0 Å². The Kier molecular flexibility index (Phi) is 5.73. The lowest BCUT2D eigenvalue weighted by Crippen LogP contribution is -2.45. The molecule has 5 heteroatoms. The van der Waals surface area contributed by atoms with Gasteiger partial charge in [-0.1, -0.05) is 0 Å². The van der Waals surface area contributed by atoms with Crippen LogP contribution in [0.5, 0.6) is 0 Å². The van der Waals surface area contributed by atoms with Gasteiger partial charge in [0.25, 0.3) is 5.91 Å². The van der Waals surface area contributed by atoms with Crippen LogP contribution in [-0.4, -0.2) is 61.5 Å². The summed E-state index contributed by atoms with van der Waals surface area (Å²) in [5.74, 6) is 0.0445. The lowest BCUT2D eigenvalue weighted by molar-refractivity contribution is -0.143. The topological polar surface area (TPSA) is 59.0 Å². The van der Waals surface area contributed by atoms with Crippen molar-refractivity contribution in [1.29, 1.82) is 0 Å². The number of piperidine rings is 1. The quantitative estimate of drug-likeness (QED) is 0.724. The highest BCUT2D eigenvalue weighted by Crippen LogP contribution is 2.14. The van der Waals surface area contributed by atoms with Crippen LogP contribution in [0.15, 0.2) is 0 Å². The summed E-state index contributed by atoms with van der Waals surface area (Å²) < 4.78 is 10.4. The van der Waals surface area contributed by atoms with E-state index in [2.05, 4.69) is 0 Å². The Bertz CT molecular complexity index is 214. The molecule has 5 nitrogen and oxygen atoms in total. The smallest absolute Gasteiger partial charge is 0.251 e. The summed E-state index contributed by atoms with van der Waals surface area (Å²) in [6, 6.07) is 0. The van der Waals surface area contributed by atoms with Gasteiger partial charge < -0.3 is 19.5 Å². The van der Waals surface area contributed by atoms with Crippen molar-refractivity contribution in [2.24, 2.45) is 0 Å². The van der Waals surface area contributed by atoms with E-state index < -0.39 is 0 Å². The van der Waals surface area contributed by atoms with Gasteiger partial charge in [-0.25, -0.2) is 0 Å². The molecule has 0 aromatic heterocycles. The van der Waals surface area contributed by atoms with Crippen LogP contribution in [0, 0.1) is 0 Å². The van der Waals surface area contributed by atoms with Gasteiger partial charge >= 0.3 is 0 Å². The van der Waals surface area contributed by atoms with Crippen LogP contribution in [-0.2, 0) is 14.3 Å². The molecule has 16 heavy (non-hydrogen) atoms. The zero-order valence-corrected chi connectivity index (χ0v) is 10.0. The second kappa shape index (κ2) is 6.83. The molecule has 1 aliphatic rings. The molecule has 1 N–H and O–H groups in total. The van der Waals surface area contributed by atoms with E-state index >= 15 is 0 Å². The number of nitrogens with zero attached hydrogens (tertiary/aromatic N) is 1. The van der Waals surface area contributed by atoms with Crippen LogP contribution in [0.1, 0.15) is 19.8 Å². The Hall–Kier alpha value is -0.650. The number of aliphatic hydroxyl groups is 1. The Morgan fingerprint density at radius 2 is 2.12 bits per heavy atom. The largest absolute Gasteiger partial charge is 0.394 e. The van der Waals surface area contributed by atoms with Gasteiger partial charge in [-0.15, -0.1) is 0 Å². The molecule has 1 unspecified atom stereocenters. The maximum Gasteiger partial charge on any atom is 0.251 e. The maximum absolute atomic E-state index is 11.8. The number of carbonyl (C=O) groups is 1. The molecule has 1 saturated heterocycles. The van der Waals surface area contributed by atoms with E-state index in [1.54, 1.807) is 14.0 Å². The molecule has 0 bridgehead atoms. The van der Waals surface area contributed by atoms with Gasteiger partial charge in [0, 0.05) is 20.2 Å². The molecule has 0 aliphatic carbocycles. The first-order valence-electron chi connectivity index (χ1n) is 5.73. The number of carbonyl (C=O) groups excluding carboxylic acids is 1. The summed E-state index contributed by atoms with van der Waals surface area (Å²) in [4.78, 5) is 13.6. The van der Waals surface area contributed by atoms with Gasteiger partial charge in [-0.05, 0) is 19.8 Å². The Balaban J connectivity index is 2.28. The predicted molar refractivity (Wildman–Crippen MR) is 59.1 cm³/mol. The van der Waals surface area contributed by atoms with Gasteiger partial charge in [0.05, 0.1) is 19.3 Å². The van der Waals surface area contributed by atoms with Crippen LogP contribution in [0.4, 0.5) is 0 Å². The summed E-state index contributed by atoms with van der Waals surface area (Å²) >= 11 is 0. The van der Waals surface area contributed by atoms with Crippen molar-refractivity contribution in [1.82, 2.24) is 4.90 Å². The first-order chi connectivity index (χ1) is 7.69. The maximum atomic E-state index is 11.8. The minimum atomic E-state index is -0.366. The van der Waals surface area contributed by atoms with Crippen molar-refractivity contribution < 1.29 is 19.4 Å². The molecule has 94 valence electrons. The average Bonchev–Trinajstić information content (AvgIpc) is 2.35. The third-order valence-corrected chi connectivity index (χ3v) is 2.90. The lowest BCUT2D eigenvalue weighted by atomic mass is 10.1. The predicted octanol–water partition coefficient (Wildman–Crippen LogP) is 0.0212. The third kappa shape index (κ3) is 3.73. The number of methoxy groups -OCH3 is 1. The summed E-state index contributed by atoms with van der Waals surface area (Å²) in [7, 11) is 1.54. The Morgan fingerprint density at radius 1 is 1.50 bits per heavy atom. The summed E-state index contributed by atoms with van der Waals surface area (Å²) in [5.41, 5.74) is 0. The highest BCUT2D eigenvalue weighted by molar-refractivity contribution is 5.80. The summed E-state index contributed by atoms with van der Waals surface area (Å²) in [6.07, 6.45) is 1.48. The van der Waals surface area contributed by atoms with E-state index in [1.165, 1.54) is 0 Å². The zero-order chi connectivity index (χ0) is 12.0. The molecule has 1 atom stereocenters. The zero-order valence-electron chi connectivity index (χ0n) is 10.0. The monoisotopic (exact) mass is 231 g/mol. The number of ether oxygens (including phenoxy) is 2. The molecule has 0 radical (unpaired) electrons. The van der Waals surface area contributed by atoms with E-state index in [-0.39, 0.29) is 24.7 Å². The number of aliphatic hydroxyl groups excluding tert-OH is 1. The summed E-state index contributed by atoms with van der Waals surface area (Å²) in [6.45, 7) is 3.62. The molecular formula is C11H21NO4. The van der Waals surface area contributed by atoms with Crippen molar-refractivity contribution in [3.63, 3.8) is 0 Å². The number of rotatable bonds is 5. The van der Waals surface area contributed by atoms with Gasteiger partial charge in [-0.2, -0.15) is 0 Å². The molecule has 1 amide bonds. The van der Waals surface area contributed by atoms with Crippen LogP contribution in [0.2, 0.25) is 0 Å². The molecule has 0 spiro atoms. The molecule has 0 aromatic carbocycles. The van der Waals surface area contributed by atoms with Gasteiger partial charge in [0.2, 0.25) is 0 Å². The van der Waals surface area contributed by atoms with E-state index in [0.29, 0.717) is 19.7 Å². The lowest BCUT2D eigenvalue weighted by Gasteiger charge is -2.33. The molecule has 0 aromatic rings. The standard InChI is InChI=1S/C11H21NO4/c1-9(15-2)11(14)12-5-3-10(4-6-12)16-8-7-13/h9-10,13H,3-8H2,1-2H3. The van der Waals surface area contributed by atoms with Crippen molar-refractivity contribution in [2.75, 3.05) is 33.4 Å². The Morgan fingerprint density at radius 3 is 2.62 bits per heavy atom. The first-order valence-corrected chi connectivity index (χ1v) is 5.73. The Labute approximate surface area is 96.3 Å². The highest BCUT2D eigenvalue weighted by atomic mass is 16.5. The molecule has 1 aliphatic heterocycles. The first kappa shape index (κ1) is 13.4. The highest BCUT2D eigenvalue weighted by Gasteiger charge is 2.25. The van der Waals surface area contributed by atoms with E-state index in [9.17, 15) is 4.79 Å². The molecule has 1 fully saturated rings. The van der Waals surface area contributed by atoms with Gasteiger partial charge in [0.15, 0.2) is 0 Å². The molecule has 1 rings (SSSR count). The normalized spacial score (nSPS) is 19.8. The number of amides is 1. The summed E-state index contributed by atoms with van der Waals surface area (Å²) in [5, 5.41) is 8.64. The van der Waals surface area contributed by atoms with Gasteiger partial charge in [0.1, 0.15) is 6.10 Å². The van der Waals surface area contributed by atoms with Crippen LogP contribution in [0.25, 0.3) is 0 Å². The van der Waals surface area contributed by atoms with E-state index in [0.717, 1.165) is 12.8 Å². The van der Waals surface area contributed by atoms with Crippen LogP contribution < -0.4 is 0 Å². The molecule has 0 saturated carbocycles. The second-order valence-electron chi connectivity index (χ2n) is 4.00. The number of likely N-dealkylation sites (tertiary alicyclic amines) is 1. The van der Waals surface area contributed by atoms with Crippen molar-refractivity contribution >= 4 is 5.91 Å². The van der Waals surface area contributed by atoms with Crippen LogP contribution >= 0.6 is 0 Å². The minimum absolute atomic E-state index is 0.0445. The number of hydrogen-bond acceptors (Lipinski definition) is 4. The molecule has 1 heterocycles.